The van der Waals surface area contributed by atoms with Crippen LogP contribution in [0.3, 0.4) is 0 Å². The molecule has 1 aliphatic heterocycles. The van der Waals surface area contributed by atoms with E-state index in [0.717, 1.165) is 22.6 Å². The van der Waals surface area contributed by atoms with Crippen LogP contribution in [0.15, 0.2) is 64.4 Å². The van der Waals surface area contributed by atoms with E-state index in [-0.39, 0.29) is 11.8 Å². The molecule has 1 atom stereocenters. The predicted octanol–water partition coefficient (Wildman–Crippen LogP) is 3.14. The average molecular weight is 252 g/mol. The van der Waals surface area contributed by atoms with Crippen molar-refractivity contribution >= 4 is 11.6 Å². The maximum Gasteiger partial charge on any atom is 0.276 e. The molecular weight excluding hydrogens is 240 g/mol. The van der Waals surface area contributed by atoms with E-state index in [1.54, 1.807) is 7.11 Å². The first-order valence-corrected chi connectivity index (χ1v) is 5.98. The molecule has 1 aromatic carbocycles. The van der Waals surface area contributed by atoms with Crippen LogP contribution in [0.2, 0.25) is 0 Å². The summed E-state index contributed by atoms with van der Waals surface area (Å²) in [5.41, 5.74) is 2.57. The van der Waals surface area contributed by atoms with Crippen molar-refractivity contribution < 1.29 is 9.53 Å². The van der Waals surface area contributed by atoms with Gasteiger partial charge in [0, 0.05) is 5.56 Å². The zero-order chi connectivity index (χ0) is 13.2. The van der Waals surface area contributed by atoms with Crippen LogP contribution in [0.1, 0.15) is 5.56 Å². The van der Waals surface area contributed by atoms with Gasteiger partial charge in [0.25, 0.3) is 5.91 Å². The third kappa shape index (κ3) is 2.01. The molecule has 0 radical (unpaired) electrons. The summed E-state index contributed by atoms with van der Waals surface area (Å²) in [5.74, 6) is 0.265. The molecule has 0 aromatic heterocycles. The lowest BCUT2D eigenvalue weighted by Gasteiger charge is -2.19. The topological polar surface area (TPSA) is 51.0 Å². The number of nitrogens with zero attached hydrogens (tertiary/aromatic N) is 2. The van der Waals surface area contributed by atoms with Crippen LogP contribution < -0.4 is 4.74 Å². The van der Waals surface area contributed by atoms with Crippen molar-refractivity contribution in [3.63, 3.8) is 0 Å². The second-order valence-electron chi connectivity index (χ2n) is 4.29. The minimum absolute atomic E-state index is 0.215. The SMILES string of the molecule is COc1ccc(C2=C3C=CC=CC3C(=O)N=N2)cc1. The summed E-state index contributed by atoms with van der Waals surface area (Å²) >= 11 is 0. The molecule has 0 bridgehead atoms. The van der Waals surface area contributed by atoms with Crippen molar-refractivity contribution in [2.24, 2.45) is 16.1 Å². The second kappa shape index (κ2) is 4.65. The van der Waals surface area contributed by atoms with Crippen LogP contribution in [0, 0.1) is 5.92 Å². The van der Waals surface area contributed by atoms with Crippen molar-refractivity contribution in [1.82, 2.24) is 0 Å². The first-order valence-electron chi connectivity index (χ1n) is 5.98. The quantitative estimate of drug-likeness (QED) is 0.811. The molecule has 0 saturated heterocycles. The van der Waals surface area contributed by atoms with Crippen molar-refractivity contribution in [2.75, 3.05) is 7.11 Å². The molecule has 1 amide bonds. The first-order chi connectivity index (χ1) is 9.29. The zero-order valence-corrected chi connectivity index (χ0v) is 10.4. The highest BCUT2D eigenvalue weighted by atomic mass is 16.5. The van der Waals surface area contributed by atoms with E-state index in [9.17, 15) is 4.79 Å². The minimum Gasteiger partial charge on any atom is -0.497 e. The van der Waals surface area contributed by atoms with Gasteiger partial charge >= 0.3 is 0 Å². The molecule has 19 heavy (non-hydrogen) atoms. The molecule has 1 unspecified atom stereocenters. The van der Waals surface area contributed by atoms with Gasteiger partial charge in [-0.15, -0.1) is 10.2 Å². The van der Waals surface area contributed by atoms with Crippen LogP contribution in [0.25, 0.3) is 5.70 Å². The number of methoxy groups -OCH3 is 1. The molecule has 94 valence electrons. The molecule has 1 heterocycles. The number of carbonyl (C=O) groups is 1. The van der Waals surface area contributed by atoms with Gasteiger partial charge in [-0.25, -0.2) is 0 Å². The Bertz CT molecular complexity index is 637. The van der Waals surface area contributed by atoms with E-state index >= 15 is 0 Å². The van der Waals surface area contributed by atoms with Gasteiger partial charge in [-0.2, -0.15) is 0 Å². The van der Waals surface area contributed by atoms with Crippen molar-refractivity contribution in [1.29, 1.82) is 0 Å². The van der Waals surface area contributed by atoms with E-state index in [1.807, 2.05) is 48.6 Å². The average Bonchev–Trinajstić information content (AvgIpc) is 2.48. The van der Waals surface area contributed by atoms with Gasteiger partial charge in [-0.3, -0.25) is 4.79 Å². The standard InChI is InChI=1S/C15H12N2O2/c1-19-11-8-6-10(7-9-11)14-12-4-2-3-5-13(12)15(18)17-16-14/h2-9,13H,1H3. The first kappa shape index (κ1) is 11.6. The second-order valence-corrected chi connectivity index (χ2v) is 4.29. The third-order valence-corrected chi connectivity index (χ3v) is 3.18. The fraction of sp³-hybridized carbons (Fsp3) is 0.133. The Balaban J connectivity index is 2.07. The minimum atomic E-state index is -0.306. The number of fused-ring (bicyclic) bond motifs is 1. The predicted molar refractivity (Wildman–Crippen MR) is 71.5 cm³/mol. The smallest absolute Gasteiger partial charge is 0.276 e. The van der Waals surface area contributed by atoms with Gasteiger partial charge in [0.05, 0.1) is 18.7 Å². The van der Waals surface area contributed by atoms with E-state index in [2.05, 4.69) is 10.2 Å². The van der Waals surface area contributed by atoms with Crippen LogP contribution in [-0.2, 0) is 4.79 Å². The van der Waals surface area contributed by atoms with Crippen LogP contribution in [0.5, 0.6) is 5.75 Å². The molecular formula is C15H12N2O2. The maximum absolute atomic E-state index is 11.7. The van der Waals surface area contributed by atoms with E-state index in [0.29, 0.717) is 0 Å². The molecule has 0 spiro atoms. The van der Waals surface area contributed by atoms with Gasteiger partial charge in [-0.05, 0) is 29.8 Å². The monoisotopic (exact) mass is 252 g/mol. The highest BCUT2D eigenvalue weighted by Crippen LogP contribution is 2.34. The summed E-state index contributed by atoms with van der Waals surface area (Å²) in [6.07, 6.45) is 7.53. The lowest BCUT2D eigenvalue weighted by Crippen LogP contribution is -2.17. The summed E-state index contributed by atoms with van der Waals surface area (Å²) in [6, 6.07) is 7.57. The molecule has 4 heteroatoms. The van der Waals surface area contributed by atoms with Gasteiger partial charge < -0.3 is 4.74 Å². The van der Waals surface area contributed by atoms with Crippen LogP contribution >= 0.6 is 0 Å². The number of azo groups is 1. The van der Waals surface area contributed by atoms with Crippen molar-refractivity contribution in [3.05, 3.63) is 59.7 Å². The molecule has 1 aliphatic carbocycles. The van der Waals surface area contributed by atoms with Crippen LogP contribution in [-0.4, -0.2) is 13.0 Å². The summed E-state index contributed by atoms with van der Waals surface area (Å²) in [4.78, 5) is 11.7. The number of ether oxygens (including phenoxy) is 1. The molecule has 0 saturated carbocycles. The Morgan fingerprint density at radius 3 is 2.63 bits per heavy atom. The Morgan fingerprint density at radius 2 is 1.89 bits per heavy atom. The van der Waals surface area contributed by atoms with Gasteiger partial charge in [0.15, 0.2) is 0 Å². The van der Waals surface area contributed by atoms with Gasteiger partial charge in [0.2, 0.25) is 0 Å². The fourth-order valence-electron chi connectivity index (χ4n) is 2.18. The molecule has 0 N–H and O–H groups in total. The Labute approximate surface area is 110 Å². The normalized spacial score (nSPS) is 20.7. The third-order valence-electron chi connectivity index (χ3n) is 3.18. The summed E-state index contributed by atoms with van der Waals surface area (Å²) in [5, 5.41) is 7.78. The molecule has 0 fully saturated rings. The van der Waals surface area contributed by atoms with Gasteiger partial charge in [0.1, 0.15) is 5.75 Å². The number of hydrogen-bond donors (Lipinski definition) is 0. The van der Waals surface area contributed by atoms with E-state index in [4.69, 9.17) is 4.74 Å². The van der Waals surface area contributed by atoms with E-state index in [1.165, 1.54) is 0 Å². The number of hydrogen-bond acceptors (Lipinski definition) is 3. The Kier molecular flexibility index (Phi) is 2.83. The fourth-order valence-corrected chi connectivity index (χ4v) is 2.18. The van der Waals surface area contributed by atoms with E-state index < -0.39 is 0 Å². The number of rotatable bonds is 2. The maximum atomic E-state index is 11.7. The van der Waals surface area contributed by atoms with Crippen molar-refractivity contribution in [2.45, 2.75) is 0 Å². The number of amides is 1. The number of benzene rings is 1. The lowest BCUT2D eigenvalue weighted by molar-refractivity contribution is -0.119. The van der Waals surface area contributed by atoms with Crippen LogP contribution in [0.4, 0.5) is 0 Å². The Morgan fingerprint density at radius 1 is 1.11 bits per heavy atom. The molecule has 3 rings (SSSR count). The summed E-state index contributed by atoms with van der Waals surface area (Å²) < 4.78 is 5.13. The molecule has 2 aliphatic rings. The lowest BCUT2D eigenvalue weighted by atomic mass is 9.89. The molecule has 1 aromatic rings. The zero-order valence-electron chi connectivity index (χ0n) is 10.4. The highest BCUT2D eigenvalue weighted by molar-refractivity contribution is 5.91. The van der Waals surface area contributed by atoms with Crippen molar-refractivity contribution in [3.8, 4) is 5.75 Å². The molecule has 4 nitrogen and oxygen atoms in total. The largest absolute Gasteiger partial charge is 0.497 e. The Hall–Kier alpha value is -2.49. The number of carbonyl (C=O) groups excluding carboxylic acids is 1. The number of allylic oxidation sites excluding steroid dienone is 3. The van der Waals surface area contributed by atoms with Gasteiger partial charge in [-0.1, -0.05) is 24.3 Å². The summed E-state index contributed by atoms with van der Waals surface area (Å²) in [6.45, 7) is 0. The highest BCUT2D eigenvalue weighted by Gasteiger charge is 2.27. The summed E-state index contributed by atoms with van der Waals surface area (Å²) in [7, 11) is 1.63.